The summed E-state index contributed by atoms with van der Waals surface area (Å²) in [6.07, 6.45) is 49.4. The van der Waals surface area contributed by atoms with Crippen molar-refractivity contribution in [3.8, 4) is 0 Å². The van der Waals surface area contributed by atoms with Crippen molar-refractivity contribution in [2.24, 2.45) is 0 Å². The number of rotatable bonds is 48. The van der Waals surface area contributed by atoms with Crippen LogP contribution < -0.4 is 0 Å². The summed E-state index contributed by atoms with van der Waals surface area (Å²) in [5.74, 6) is -0.311. The minimum atomic E-state index is -1.54. The van der Waals surface area contributed by atoms with Crippen molar-refractivity contribution in [3.05, 3.63) is 24.3 Å². The Hall–Kier alpha value is -1.33. The zero-order chi connectivity index (χ0) is 46.4. The highest BCUT2D eigenvalue weighted by Gasteiger charge is 2.44. The van der Waals surface area contributed by atoms with Crippen LogP contribution in [-0.4, -0.2) is 89.6 Å². The van der Waals surface area contributed by atoms with Crippen LogP contribution in [0.15, 0.2) is 24.3 Å². The first kappa shape index (κ1) is 60.7. The molecule has 64 heavy (non-hydrogen) atoms. The van der Waals surface area contributed by atoms with Crippen LogP contribution in [0.5, 0.6) is 0 Å². The molecular formula is C55H104O9. The maximum Gasteiger partial charge on any atom is 0.306 e. The largest absolute Gasteiger partial charge is 0.457 e. The maximum atomic E-state index is 12.9. The molecule has 378 valence electrons. The Morgan fingerprint density at radius 2 is 0.906 bits per heavy atom. The van der Waals surface area contributed by atoms with Crippen LogP contribution in [0, 0.1) is 0 Å². The molecule has 1 fully saturated rings. The molecule has 4 N–H and O–H groups in total. The van der Waals surface area contributed by atoms with Gasteiger partial charge in [0, 0.05) is 13.0 Å². The highest BCUT2D eigenvalue weighted by atomic mass is 16.7. The van der Waals surface area contributed by atoms with Gasteiger partial charge in [0.05, 0.1) is 19.8 Å². The lowest BCUT2D eigenvalue weighted by Gasteiger charge is -2.39. The fourth-order valence-corrected chi connectivity index (χ4v) is 8.58. The van der Waals surface area contributed by atoms with Crippen LogP contribution in [0.4, 0.5) is 0 Å². The molecule has 0 aromatic rings. The SMILES string of the molecule is CCCCC/C=C\C/C=C\CCCCCCCCOCC(COC1OC(CO)C(O)C(O)C1O)OC(=O)CCCCCCCCCCCCCCCCCCCCCCCCCCC. The van der Waals surface area contributed by atoms with E-state index in [-0.39, 0.29) is 19.2 Å². The lowest BCUT2D eigenvalue weighted by Crippen LogP contribution is -2.59. The average Bonchev–Trinajstić information content (AvgIpc) is 3.30. The second kappa shape index (κ2) is 46.8. The standard InChI is InChI=1S/C55H104O9/c1-3-5-7-9-11-13-15-17-19-21-22-23-24-25-26-27-28-29-30-32-34-36-38-40-42-44-51(57)63-49(48-62-55-54(60)53(59)52(58)50(46-56)64-55)47-61-45-43-41-39-37-35-33-31-20-18-16-14-12-10-8-6-4-2/h12,14,18,20,49-50,52-56,58-60H,3-11,13,15-17,19,21-48H2,1-2H3/b14-12-,20-18-. The third kappa shape index (κ3) is 36.7. The molecule has 9 heteroatoms. The van der Waals surface area contributed by atoms with Crippen molar-refractivity contribution < 1.29 is 44.2 Å². The molecule has 6 atom stereocenters. The van der Waals surface area contributed by atoms with Crippen molar-refractivity contribution in [1.82, 2.24) is 0 Å². The van der Waals surface area contributed by atoms with E-state index in [4.69, 9.17) is 18.9 Å². The molecule has 0 aliphatic carbocycles. The number of carbonyl (C=O) groups is 1. The molecule has 0 spiro atoms. The topological polar surface area (TPSA) is 135 Å². The van der Waals surface area contributed by atoms with Gasteiger partial charge in [-0.2, -0.15) is 0 Å². The number of aliphatic hydroxyl groups is 4. The Morgan fingerprint density at radius 3 is 1.38 bits per heavy atom. The number of unbranched alkanes of at least 4 members (excludes halogenated alkanes) is 33. The van der Waals surface area contributed by atoms with Crippen molar-refractivity contribution in [1.29, 1.82) is 0 Å². The molecule has 1 heterocycles. The predicted molar refractivity (Wildman–Crippen MR) is 265 cm³/mol. The molecule has 0 amide bonds. The van der Waals surface area contributed by atoms with Gasteiger partial charge in [0.1, 0.15) is 30.5 Å². The van der Waals surface area contributed by atoms with Gasteiger partial charge in [-0.05, 0) is 44.9 Å². The summed E-state index contributed by atoms with van der Waals surface area (Å²) < 4.78 is 22.9. The molecule has 6 unspecified atom stereocenters. The van der Waals surface area contributed by atoms with E-state index in [2.05, 4.69) is 38.2 Å². The van der Waals surface area contributed by atoms with Crippen molar-refractivity contribution >= 4 is 5.97 Å². The number of carbonyl (C=O) groups excluding carboxylic acids is 1. The van der Waals surface area contributed by atoms with E-state index in [1.54, 1.807) is 0 Å². The van der Waals surface area contributed by atoms with Gasteiger partial charge in [-0.15, -0.1) is 0 Å². The van der Waals surface area contributed by atoms with E-state index < -0.39 is 43.4 Å². The van der Waals surface area contributed by atoms with Crippen LogP contribution >= 0.6 is 0 Å². The number of hydrogen-bond acceptors (Lipinski definition) is 9. The van der Waals surface area contributed by atoms with Gasteiger partial charge < -0.3 is 39.4 Å². The summed E-state index contributed by atoms with van der Waals surface area (Å²) in [4.78, 5) is 12.9. The molecular weight excluding hydrogens is 805 g/mol. The Kier molecular flexibility index (Phi) is 44.3. The van der Waals surface area contributed by atoms with E-state index in [9.17, 15) is 25.2 Å². The zero-order valence-electron chi connectivity index (χ0n) is 41.8. The van der Waals surface area contributed by atoms with Gasteiger partial charge >= 0.3 is 5.97 Å². The van der Waals surface area contributed by atoms with E-state index in [1.165, 1.54) is 186 Å². The first-order chi connectivity index (χ1) is 31.4. The summed E-state index contributed by atoms with van der Waals surface area (Å²) >= 11 is 0. The van der Waals surface area contributed by atoms with Gasteiger partial charge in [-0.1, -0.05) is 231 Å². The third-order valence-corrected chi connectivity index (χ3v) is 12.9. The molecule has 1 aliphatic heterocycles. The van der Waals surface area contributed by atoms with Crippen molar-refractivity contribution in [3.63, 3.8) is 0 Å². The lowest BCUT2D eigenvalue weighted by atomic mass is 9.99. The fourth-order valence-electron chi connectivity index (χ4n) is 8.58. The van der Waals surface area contributed by atoms with Crippen LogP contribution in [0.1, 0.15) is 258 Å². The second-order valence-electron chi connectivity index (χ2n) is 19.0. The molecule has 1 rings (SSSR count). The normalized spacial score (nSPS) is 19.6. The van der Waals surface area contributed by atoms with Gasteiger partial charge in [-0.25, -0.2) is 0 Å². The van der Waals surface area contributed by atoms with Crippen molar-refractivity contribution in [2.45, 2.75) is 295 Å². The fraction of sp³-hybridized carbons (Fsp3) is 0.909. The minimum Gasteiger partial charge on any atom is -0.457 e. The molecule has 0 aromatic carbocycles. The minimum absolute atomic E-state index is 0.113. The maximum absolute atomic E-state index is 12.9. The summed E-state index contributed by atoms with van der Waals surface area (Å²) in [6.45, 7) is 4.56. The molecule has 0 bridgehead atoms. The van der Waals surface area contributed by atoms with Crippen LogP contribution in [0.3, 0.4) is 0 Å². The Labute approximate surface area is 394 Å². The number of allylic oxidation sites excluding steroid dienone is 4. The molecule has 0 aromatic heterocycles. The Morgan fingerprint density at radius 1 is 0.500 bits per heavy atom. The molecule has 0 saturated carbocycles. The van der Waals surface area contributed by atoms with Crippen molar-refractivity contribution in [2.75, 3.05) is 26.4 Å². The number of esters is 1. The molecule has 1 aliphatic rings. The Bertz CT molecular complexity index is 1040. The predicted octanol–water partition coefficient (Wildman–Crippen LogP) is 13.7. The van der Waals surface area contributed by atoms with Gasteiger partial charge in [0.2, 0.25) is 0 Å². The summed E-state index contributed by atoms with van der Waals surface area (Å²) in [5, 5.41) is 40.3. The molecule has 1 saturated heterocycles. The average molecular weight is 909 g/mol. The first-order valence-electron chi connectivity index (χ1n) is 27.4. The van der Waals surface area contributed by atoms with Crippen LogP contribution in [0.2, 0.25) is 0 Å². The number of hydrogen-bond donors (Lipinski definition) is 4. The third-order valence-electron chi connectivity index (χ3n) is 12.9. The summed E-state index contributed by atoms with van der Waals surface area (Å²) in [6, 6.07) is 0. The van der Waals surface area contributed by atoms with Crippen LogP contribution in [0.25, 0.3) is 0 Å². The summed E-state index contributed by atoms with van der Waals surface area (Å²) in [7, 11) is 0. The zero-order valence-corrected chi connectivity index (χ0v) is 41.8. The first-order valence-corrected chi connectivity index (χ1v) is 27.4. The lowest BCUT2D eigenvalue weighted by molar-refractivity contribution is -0.305. The highest BCUT2D eigenvalue weighted by Crippen LogP contribution is 2.23. The van der Waals surface area contributed by atoms with Gasteiger partial charge in [0.15, 0.2) is 6.29 Å². The van der Waals surface area contributed by atoms with Crippen LogP contribution in [-0.2, 0) is 23.7 Å². The monoisotopic (exact) mass is 909 g/mol. The Balaban J connectivity index is 2.14. The number of ether oxygens (including phenoxy) is 4. The van der Waals surface area contributed by atoms with E-state index in [0.717, 1.165) is 51.4 Å². The smallest absolute Gasteiger partial charge is 0.306 e. The van der Waals surface area contributed by atoms with Gasteiger partial charge in [0.25, 0.3) is 0 Å². The second-order valence-corrected chi connectivity index (χ2v) is 19.0. The quantitative estimate of drug-likeness (QED) is 0.0267. The highest BCUT2D eigenvalue weighted by molar-refractivity contribution is 5.69. The van der Waals surface area contributed by atoms with E-state index in [0.29, 0.717) is 13.0 Å². The number of aliphatic hydroxyl groups excluding tert-OH is 4. The molecule has 0 radical (unpaired) electrons. The molecule has 9 nitrogen and oxygen atoms in total. The summed E-state index contributed by atoms with van der Waals surface area (Å²) in [5.41, 5.74) is 0. The van der Waals surface area contributed by atoms with Gasteiger partial charge in [-0.3, -0.25) is 4.79 Å². The van der Waals surface area contributed by atoms with E-state index >= 15 is 0 Å². The van der Waals surface area contributed by atoms with E-state index in [1.807, 2.05) is 0 Å².